The average molecular weight is 329 g/mol. The van der Waals surface area contributed by atoms with Gasteiger partial charge in [-0.3, -0.25) is 4.79 Å². The molecule has 0 aliphatic carbocycles. The first-order valence-corrected chi connectivity index (χ1v) is 8.75. The second kappa shape index (κ2) is 8.63. The van der Waals surface area contributed by atoms with Gasteiger partial charge in [0.1, 0.15) is 5.75 Å². The van der Waals surface area contributed by atoms with E-state index in [9.17, 15) is 4.79 Å². The van der Waals surface area contributed by atoms with Crippen LogP contribution in [-0.2, 0) is 4.79 Å². The first-order valence-electron chi connectivity index (χ1n) is 7.76. The summed E-state index contributed by atoms with van der Waals surface area (Å²) in [6.07, 6.45) is -0.503. The SMILES string of the molecule is Cc1cccc(O[C@H](C)C(=O)NCCSc2ccccc2)c1C. The second-order valence-electron chi connectivity index (χ2n) is 5.41. The summed E-state index contributed by atoms with van der Waals surface area (Å²) in [5.74, 6) is 1.53. The second-order valence-corrected chi connectivity index (χ2v) is 6.58. The zero-order chi connectivity index (χ0) is 16.7. The van der Waals surface area contributed by atoms with Crippen LogP contribution in [0.4, 0.5) is 0 Å². The first-order chi connectivity index (χ1) is 11.1. The van der Waals surface area contributed by atoms with Crippen molar-refractivity contribution in [3.8, 4) is 5.75 Å². The highest BCUT2D eigenvalue weighted by Gasteiger charge is 2.15. The molecule has 0 aliphatic heterocycles. The molecule has 0 fully saturated rings. The summed E-state index contributed by atoms with van der Waals surface area (Å²) in [5, 5.41) is 2.92. The molecule has 2 rings (SSSR count). The van der Waals surface area contributed by atoms with Crippen LogP contribution in [0, 0.1) is 13.8 Å². The van der Waals surface area contributed by atoms with Crippen molar-refractivity contribution in [3.05, 3.63) is 59.7 Å². The summed E-state index contributed by atoms with van der Waals surface area (Å²) < 4.78 is 5.78. The van der Waals surface area contributed by atoms with E-state index in [-0.39, 0.29) is 5.91 Å². The van der Waals surface area contributed by atoms with E-state index >= 15 is 0 Å². The number of hydrogen-bond donors (Lipinski definition) is 1. The van der Waals surface area contributed by atoms with Crippen LogP contribution in [-0.4, -0.2) is 24.3 Å². The molecule has 0 spiro atoms. The fraction of sp³-hybridized carbons (Fsp3) is 0.316. The third kappa shape index (κ3) is 5.32. The number of nitrogens with one attached hydrogen (secondary N) is 1. The van der Waals surface area contributed by atoms with Crippen molar-refractivity contribution >= 4 is 17.7 Å². The number of carbonyl (C=O) groups is 1. The Morgan fingerprint density at radius 2 is 1.87 bits per heavy atom. The van der Waals surface area contributed by atoms with E-state index < -0.39 is 6.10 Å². The average Bonchev–Trinajstić information content (AvgIpc) is 2.56. The number of ether oxygens (including phenoxy) is 1. The van der Waals surface area contributed by atoms with Crippen molar-refractivity contribution in [3.63, 3.8) is 0 Å². The lowest BCUT2D eigenvalue weighted by Gasteiger charge is -2.17. The van der Waals surface area contributed by atoms with Crippen molar-refractivity contribution in [1.82, 2.24) is 5.32 Å². The van der Waals surface area contributed by atoms with Gasteiger partial charge in [0.25, 0.3) is 5.91 Å². The lowest BCUT2D eigenvalue weighted by atomic mass is 10.1. The van der Waals surface area contributed by atoms with Gasteiger partial charge in [-0.1, -0.05) is 30.3 Å². The van der Waals surface area contributed by atoms with E-state index in [1.807, 2.05) is 50.2 Å². The van der Waals surface area contributed by atoms with Crippen molar-refractivity contribution in [1.29, 1.82) is 0 Å². The van der Waals surface area contributed by atoms with E-state index in [1.165, 1.54) is 4.90 Å². The third-order valence-corrected chi connectivity index (χ3v) is 4.65. The largest absolute Gasteiger partial charge is 0.481 e. The minimum Gasteiger partial charge on any atom is -0.481 e. The molecule has 0 heterocycles. The van der Waals surface area contributed by atoms with Gasteiger partial charge in [0.2, 0.25) is 0 Å². The Kier molecular flexibility index (Phi) is 6.53. The van der Waals surface area contributed by atoms with Gasteiger partial charge in [0.05, 0.1) is 0 Å². The molecule has 0 radical (unpaired) electrons. The fourth-order valence-corrected chi connectivity index (χ4v) is 2.89. The molecule has 2 aromatic rings. The minimum absolute atomic E-state index is 0.0837. The molecule has 2 aromatic carbocycles. The van der Waals surface area contributed by atoms with Crippen LogP contribution in [0.25, 0.3) is 0 Å². The smallest absolute Gasteiger partial charge is 0.260 e. The van der Waals surface area contributed by atoms with E-state index in [2.05, 4.69) is 17.4 Å². The zero-order valence-corrected chi connectivity index (χ0v) is 14.7. The quantitative estimate of drug-likeness (QED) is 0.617. The Morgan fingerprint density at radius 3 is 2.61 bits per heavy atom. The number of amides is 1. The highest BCUT2D eigenvalue weighted by molar-refractivity contribution is 7.99. The third-order valence-electron chi connectivity index (χ3n) is 3.64. The Morgan fingerprint density at radius 1 is 1.13 bits per heavy atom. The summed E-state index contributed by atoms with van der Waals surface area (Å²) in [4.78, 5) is 13.3. The number of thioether (sulfide) groups is 1. The van der Waals surface area contributed by atoms with Crippen molar-refractivity contribution in [2.24, 2.45) is 0 Å². The van der Waals surface area contributed by atoms with Gasteiger partial charge in [-0.05, 0) is 50.1 Å². The van der Waals surface area contributed by atoms with Crippen molar-refractivity contribution in [2.75, 3.05) is 12.3 Å². The maximum absolute atomic E-state index is 12.1. The van der Waals surface area contributed by atoms with Crippen LogP contribution in [0.15, 0.2) is 53.4 Å². The molecule has 0 unspecified atom stereocenters. The van der Waals surface area contributed by atoms with Gasteiger partial charge in [-0.2, -0.15) is 0 Å². The van der Waals surface area contributed by atoms with Crippen molar-refractivity contribution in [2.45, 2.75) is 31.8 Å². The molecule has 3 nitrogen and oxygen atoms in total. The summed E-state index contributed by atoms with van der Waals surface area (Å²) in [7, 11) is 0. The van der Waals surface area contributed by atoms with Gasteiger partial charge < -0.3 is 10.1 Å². The first kappa shape index (κ1) is 17.4. The van der Waals surface area contributed by atoms with E-state index in [1.54, 1.807) is 18.7 Å². The summed E-state index contributed by atoms with van der Waals surface area (Å²) in [6.45, 7) is 6.44. The van der Waals surface area contributed by atoms with Crippen LogP contribution < -0.4 is 10.1 Å². The van der Waals surface area contributed by atoms with Crippen LogP contribution in [0.5, 0.6) is 5.75 Å². The molecule has 1 N–H and O–H groups in total. The molecule has 0 bridgehead atoms. The standard InChI is InChI=1S/C19H23NO2S/c1-14-8-7-11-18(15(14)2)22-16(3)19(21)20-12-13-23-17-9-5-4-6-10-17/h4-11,16H,12-13H2,1-3H3,(H,20,21)/t16-/m1/s1. The molecule has 0 saturated heterocycles. The molecule has 0 aromatic heterocycles. The van der Waals surface area contributed by atoms with Gasteiger partial charge >= 0.3 is 0 Å². The normalized spacial score (nSPS) is 11.8. The van der Waals surface area contributed by atoms with Gasteiger partial charge in [0.15, 0.2) is 6.10 Å². The van der Waals surface area contributed by atoms with E-state index in [0.717, 1.165) is 22.6 Å². The lowest BCUT2D eigenvalue weighted by Crippen LogP contribution is -2.37. The zero-order valence-electron chi connectivity index (χ0n) is 13.8. The van der Waals surface area contributed by atoms with Gasteiger partial charge in [-0.15, -0.1) is 11.8 Å². The van der Waals surface area contributed by atoms with Crippen LogP contribution in [0.2, 0.25) is 0 Å². The number of aryl methyl sites for hydroxylation is 1. The van der Waals surface area contributed by atoms with Crippen LogP contribution in [0.3, 0.4) is 0 Å². The maximum atomic E-state index is 12.1. The monoisotopic (exact) mass is 329 g/mol. The number of benzene rings is 2. The number of hydrogen-bond acceptors (Lipinski definition) is 3. The topological polar surface area (TPSA) is 38.3 Å². The molecule has 0 saturated carbocycles. The molecular weight excluding hydrogens is 306 g/mol. The van der Waals surface area contributed by atoms with Crippen LogP contribution >= 0.6 is 11.8 Å². The fourth-order valence-electron chi connectivity index (χ4n) is 2.10. The number of carbonyl (C=O) groups excluding carboxylic acids is 1. The molecule has 0 aliphatic rings. The Bertz CT molecular complexity index is 643. The highest BCUT2D eigenvalue weighted by atomic mass is 32.2. The summed E-state index contributed by atoms with van der Waals surface area (Å²) in [5.41, 5.74) is 2.24. The number of rotatable bonds is 7. The van der Waals surface area contributed by atoms with Crippen molar-refractivity contribution < 1.29 is 9.53 Å². The van der Waals surface area contributed by atoms with Gasteiger partial charge in [-0.25, -0.2) is 0 Å². The molecule has 4 heteroatoms. The Hall–Kier alpha value is -1.94. The molecule has 122 valence electrons. The predicted octanol–water partition coefficient (Wildman–Crippen LogP) is 3.98. The minimum atomic E-state index is -0.503. The highest BCUT2D eigenvalue weighted by Crippen LogP contribution is 2.21. The van der Waals surface area contributed by atoms with Crippen LogP contribution in [0.1, 0.15) is 18.1 Å². The summed E-state index contributed by atoms with van der Waals surface area (Å²) in [6, 6.07) is 16.0. The van der Waals surface area contributed by atoms with Gasteiger partial charge in [0, 0.05) is 17.2 Å². The molecule has 1 amide bonds. The summed E-state index contributed by atoms with van der Waals surface area (Å²) >= 11 is 1.73. The molecular formula is C19H23NO2S. The lowest BCUT2D eigenvalue weighted by molar-refractivity contribution is -0.127. The molecule has 1 atom stereocenters. The predicted molar refractivity (Wildman–Crippen MR) is 96.2 cm³/mol. The Labute approximate surface area is 142 Å². The maximum Gasteiger partial charge on any atom is 0.260 e. The van der Waals surface area contributed by atoms with E-state index in [4.69, 9.17) is 4.74 Å². The Balaban J connectivity index is 1.75. The molecule has 23 heavy (non-hydrogen) atoms. The van der Waals surface area contributed by atoms with E-state index in [0.29, 0.717) is 6.54 Å².